The summed E-state index contributed by atoms with van der Waals surface area (Å²) in [7, 11) is 1.59. The van der Waals surface area contributed by atoms with Crippen LogP contribution >= 0.6 is 0 Å². The molecule has 9 heteroatoms. The second-order valence-corrected chi connectivity index (χ2v) is 9.04. The fraction of sp³-hybridized carbons (Fsp3) is 0.444. The van der Waals surface area contributed by atoms with Crippen LogP contribution in [0.2, 0.25) is 0 Å². The maximum atomic E-state index is 14.0. The Labute approximate surface area is 211 Å². The maximum Gasteiger partial charge on any atom is 0.321 e. The summed E-state index contributed by atoms with van der Waals surface area (Å²) < 4.78 is 20.2. The lowest BCUT2D eigenvalue weighted by Gasteiger charge is -2.37. The lowest BCUT2D eigenvalue weighted by Crippen LogP contribution is -2.50. The van der Waals surface area contributed by atoms with Crippen molar-refractivity contribution in [2.24, 2.45) is 5.92 Å². The smallest absolute Gasteiger partial charge is 0.321 e. The van der Waals surface area contributed by atoms with Crippen molar-refractivity contribution >= 4 is 17.6 Å². The summed E-state index contributed by atoms with van der Waals surface area (Å²) >= 11 is 0. The number of para-hydroxylation sites is 1. The Balaban J connectivity index is 1.88. The van der Waals surface area contributed by atoms with Gasteiger partial charge in [0.2, 0.25) is 5.88 Å². The number of carbonyl (C=O) groups is 2. The van der Waals surface area contributed by atoms with Crippen LogP contribution < -0.4 is 10.1 Å². The molecule has 0 unspecified atom stereocenters. The second-order valence-electron chi connectivity index (χ2n) is 9.04. The molecule has 0 spiro atoms. The van der Waals surface area contributed by atoms with Gasteiger partial charge in [-0.2, -0.15) is 0 Å². The second kappa shape index (κ2) is 12.4. The predicted molar refractivity (Wildman–Crippen MR) is 135 cm³/mol. The minimum Gasteiger partial charge on any atom is -0.472 e. The van der Waals surface area contributed by atoms with Crippen molar-refractivity contribution in [2.45, 2.75) is 45.8 Å². The third-order valence-electron chi connectivity index (χ3n) is 6.04. The number of aliphatic hydroxyl groups excluding tert-OH is 1. The molecule has 2 aromatic rings. The van der Waals surface area contributed by atoms with Crippen molar-refractivity contribution in [3.63, 3.8) is 0 Å². The van der Waals surface area contributed by atoms with Crippen LogP contribution in [0.15, 0.2) is 36.5 Å². The van der Waals surface area contributed by atoms with Crippen LogP contribution in [0, 0.1) is 23.6 Å². The van der Waals surface area contributed by atoms with E-state index in [2.05, 4.69) is 22.1 Å². The van der Waals surface area contributed by atoms with Gasteiger partial charge in [0.1, 0.15) is 17.5 Å². The molecule has 3 atom stereocenters. The molecule has 0 aliphatic carbocycles. The van der Waals surface area contributed by atoms with Crippen LogP contribution in [0.25, 0.3) is 0 Å². The first kappa shape index (κ1) is 27.0. The zero-order valence-corrected chi connectivity index (χ0v) is 21.1. The van der Waals surface area contributed by atoms with Gasteiger partial charge in [-0.3, -0.25) is 4.79 Å². The minimum atomic E-state index is -0.530. The van der Waals surface area contributed by atoms with Crippen molar-refractivity contribution in [1.29, 1.82) is 0 Å². The Morgan fingerprint density at radius 1 is 1.42 bits per heavy atom. The van der Waals surface area contributed by atoms with Gasteiger partial charge < -0.3 is 25.0 Å². The van der Waals surface area contributed by atoms with Gasteiger partial charge in [0, 0.05) is 37.7 Å². The number of nitrogens with zero attached hydrogens (tertiary/aromatic N) is 3. The fourth-order valence-corrected chi connectivity index (χ4v) is 3.80. The highest BCUT2D eigenvalue weighted by atomic mass is 19.1. The monoisotopic (exact) mass is 496 g/mol. The lowest BCUT2D eigenvalue weighted by molar-refractivity contribution is 0.0356. The molecule has 0 saturated carbocycles. The summed E-state index contributed by atoms with van der Waals surface area (Å²) in [6.45, 7) is 5.98. The van der Waals surface area contributed by atoms with Crippen molar-refractivity contribution < 1.29 is 23.8 Å². The summed E-state index contributed by atoms with van der Waals surface area (Å²) in [5.41, 5.74) is 0.939. The van der Waals surface area contributed by atoms with Crippen LogP contribution in [0.3, 0.4) is 0 Å². The van der Waals surface area contributed by atoms with E-state index in [1.165, 1.54) is 17.0 Å². The Hall–Kier alpha value is -3.64. The van der Waals surface area contributed by atoms with E-state index in [1.807, 2.05) is 13.8 Å². The SMILES string of the molecule is CCCC#Cc1cnc2c(c1)C(=O)N([C@@H](C)CO)C[C@H](C)[C@@H](CN(C)C(=O)Nc1ccccc1F)O2. The average molecular weight is 497 g/mol. The molecule has 192 valence electrons. The highest BCUT2D eigenvalue weighted by Crippen LogP contribution is 2.27. The highest BCUT2D eigenvalue weighted by Gasteiger charge is 2.34. The number of carbonyl (C=O) groups excluding carboxylic acids is 2. The molecule has 1 aliphatic rings. The van der Waals surface area contributed by atoms with Gasteiger partial charge in [0.25, 0.3) is 5.91 Å². The number of ether oxygens (including phenoxy) is 1. The number of rotatable bonds is 6. The lowest BCUT2D eigenvalue weighted by atomic mass is 10.00. The van der Waals surface area contributed by atoms with Gasteiger partial charge in [0.05, 0.1) is 24.9 Å². The Morgan fingerprint density at radius 3 is 2.86 bits per heavy atom. The van der Waals surface area contributed by atoms with Gasteiger partial charge in [0.15, 0.2) is 0 Å². The number of hydrogen-bond donors (Lipinski definition) is 2. The van der Waals surface area contributed by atoms with Crippen molar-refractivity contribution in [2.75, 3.05) is 32.1 Å². The zero-order chi connectivity index (χ0) is 26.2. The van der Waals surface area contributed by atoms with E-state index in [1.54, 1.807) is 43.3 Å². The summed E-state index contributed by atoms with van der Waals surface area (Å²) in [5, 5.41) is 12.4. The molecule has 0 radical (unpaired) electrons. The summed E-state index contributed by atoms with van der Waals surface area (Å²) in [5.74, 6) is 5.19. The molecule has 0 fully saturated rings. The Bertz CT molecular complexity index is 1150. The molecule has 1 aromatic carbocycles. The van der Waals surface area contributed by atoms with Crippen LogP contribution in [0.4, 0.5) is 14.9 Å². The number of nitrogens with one attached hydrogen (secondary N) is 1. The van der Waals surface area contributed by atoms with E-state index in [0.29, 0.717) is 12.1 Å². The first-order chi connectivity index (χ1) is 17.2. The van der Waals surface area contributed by atoms with Crippen LogP contribution in [0.1, 0.15) is 49.5 Å². The van der Waals surface area contributed by atoms with E-state index in [-0.39, 0.29) is 42.1 Å². The third-order valence-corrected chi connectivity index (χ3v) is 6.04. The summed E-state index contributed by atoms with van der Waals surface area (Å²) in [6, 6.07) is 6.67. The maximum absolute atomic E-state index is 14.0. The van der Waals surface area contributed by atoms with E-state index in [9.17, 15) is 19.1 Å². The molecule has 3 amide bonds. The van der Waals surface area contributed by atoms with E-state index in [4.69, 9.17) is 4.74 Å². The van der Waals surface area contributed by atoms with Crippen molar-refractivity contribution in [3.8, 4) is 17.7 Å². The molecule has 0 bridgehead atoms. The number of anilines is 1. The average Bonchev–Trinajstić information content (AvgIpc) is 2.87. The molecule has 0 saturated heterocycles. The van der Waals surface area contributed by atoms with Gasteiger partial charge in [-0.15, -0.1) is 0 Å². The molecule has 1 aromatic heterocycles. The van der Waals surface area contributed by atoms with Gasteiger partial charge in [-0.25, -0.2) is 14.2 Å². The number of aliphatic hydroxyl groups is 1. The molecular weight excluding hydrogens is 463 g/mol. The molecular formula is C27H33FN4O4. The predicted octanol–water partition coefficient (Wildman–Crippen LogP) is 3.76. The Kier molecular flexibility index (Phi) is 9.25. The molecule has 2 N–H and O–H groups in total. The van der Waals surface area contributed by atoms with E-state index < -0.39 is 24.0 Å². The zero-order valence-electron chi connectivity index (χ0n) is 21.1. The number of pyridine rings is 1. The van der Waals surface area contributed by atoms with Gasteiger partial charge >= 0.3 is 6.03 Å². The normalized spacial score (nSPS) is 18.1. The quantitative estimate of drug-likeness (QED) is 0.594. The van der Waals surface area contributed by atoms with Crippen LogP contribution in [-0.2, 0) is 0 Å². The highest BCUT2D eigenvalue weighted by molar-refractivity contribution is 5.97. The van der Waals surface area contributed by atoms with Gasteiger partial charge in [-0.05, 0) is 31.5 Å². The van der Waals surface area contributed by atoms with Gasteiger partial charge in [-0.1, -0.05) is 37.8 Å². The largest absolute Gasteiger partial charge is 0.472 e. The first-order valence-corrected chi connectivity index (χ1v) is 12.1. The topological polar surface area (TPSA) is 95.0 Å². The first-order valence-electron chi connectivity index (χ1n) is 12.1. The number of likely N-dealkylation sites (N-methyl/N-ethyl adjacent to an activating group) is 1. The minimum absolute atomic E-state index is 0.0817. The third kappa shape index (κ3) is 6.52. The molecule has 2 heterocycles. The van der Waals surface area contributed by atoms with E-state index in [0.717, 1.165) is 12.8 Å². The van der Waals surface area contributed by atoms with Crippen LogP contribution in [0.5, 0.6) is 5.88 Å². The molecule has 1 aliphatic heterocycles. The van der Waals surface area contributed by atoms with Crippen LogP contribution in [-0.4, -0.2) is 70.7 Å². The standard InChI is InChI=1S/C27H33FN4O4/c1-5-6-7-10-20-13-21-25(29-14-20)36-24(18(2)15-32(26(21)34)19(3)17-33)16-31(4)27(35)30-23-12-9-8-11-22(23)28/h8-9,11-14,18-19,24,33H,5-6,15-17H2,1-4H3,(H,30,35)/t18-,19-,24+/m0/s1. The van der Waals surface area contributed by atoms with E-state index >= 15 is 0 Å². The number of halogens is 1. The number of hydrogen-bond acceptors (Lipinski definition) is 5. The Morgan fingerprint density at radius 2 is 2.17 bits per heavy atom. The number of unbranched alkanes of at least 4 members (excludes halogenated alkanes) is 1. The number of urea groups is 1. The fourth-order valence-electron chi connectivity index (χ4n) is 3.80. The number of fused-ring (bicyclic) bond motifs is 1. The van der Waals surface area contributed by atoms with Crippen molar-refractivity contribution in [3.05, 3.63) is 53.5 Å². The number of benzene rings is 1. The number of aromatic nitrogens is 1. The molecule has 8 nitrogen and oxygen atoms in total. The summed E-state index contributed by atoms with van der Waals surface area (Å²) in [6.07, 6.45) is 2.70. The number of amides is 3. The molecule has 3 rings (SSSR count). The summed E-state index contributed by atoms with van der Waals surface area (Å²) in [4.78, 5) is 33.6. The van der Waals surface area contributed by atoms with Crippen molar-refractivity contribution in [1.82, 2.24) is 14.8 Å². The molecule has 36 heavy (non-hydrogen) atoms.